The van der Waals surface area contributed by atoms with Crippen LogP contribution < -0.4 is 9.47 Å². The van der Waals surface area contributed by atoms with Gasteiger partial charge in [0.15, 0.2) is 11.5 Å². The van der Waals surface area contributed by atoms with Gasteiger partial charge in [-0.1, -0.05) is 6.07 Å². The number of methoxy groups -OCH3 is 3. The van der Waals surface area contributed by atoms with Crippen LogP contribution in [0.3, 0.4) is 0 Å². The fraction of sp³-hybridized carbons (Fsp3) is 0.650. The lowest BCUT2D eigenvalue weighted by molar-refractivity contribution is -0.328. The summed E-state index contributed by atoms with van der Waals surface area (Å²) in [5.74, 6) is -0.888. The highest BCUT2D eigenvalue weighted by molar-refractivity contribution is 5.85. The number of ether oxygens (including phenoxy) is 4. The molecule has 8 heteroatoms. The van der Waals surface area contributed by atoms with Crippen molar-refractivity contribution in [1.82, 2.24) is 4.90 Å². The zero-order valence-electron chi connectivity index (χ0n) is 16.4. The molecular weight excluding hydrogens is 366 g/mol. The van der Waals surface area contributed by atoms with Crippen molar-refractivity contribution < 1.29 is 34.0 Å². The second kappa shape index (κ2) is 5.38. The van der Waals surface area contributed by atoms with Gasteiger partial charge in [-0.2, -0.15) is 0 Å². The molecule has 3 fully saturated rings. The molecule has 1 aromatic rings. The Morgan fingerprint density at radius 3 is 2.61 bits per heavy atom. The molecule has 0 aromatic heterocycles. The number of nitrogens with zero attached hydrogens (tertiary/aromatic N) is 1. The van der Waals surface area contributed by atoms with Gasteiger partial charge in [-0.15, -0.1) is 0 Å². The van der Waals surface area contributed by atoms with Crippen molar-refractivity contribution in [3.8, 4) is 11.5 Å². The first kappa shape index (κ1) is 18.2. The van der Waals surface area contributed by atoms with Crippen molar-refractivity contribution in [2.75, 3.05) is 28.4 Å². The molecule has 2 saturated heterocycles. The molecule has 2 aliphatic heterocycles. The molecule has 1 saturated carbocycles. The minimum atomic E-state index is -1.84. The van der Waals surface area contributed by atoms with Crippen LogP contribution >= 0.6 is 0 Å². The summed E-state index contributed by atoms with van der Waals surface area (Å²) in [6.45, 7) is 0. The number of rotatable bonds is 3. The number of amides is 1. The number of aliphatic hydroxyl groups is 2. The van der Waals surface area contributed by atoms with Crippen LogP contribution in [0.25, 0.3) is 0 Å². The van der Waals surface area contributed by atoms with Gasteiger partial charge in [0.2, 0.25) is 11.7 Å². The zero-order valence-corrected chi connectivity index (χ0v) is 16.4. The first-order chi connectivity index (χ1) is 13.3. The molecule has 1 amide bonds. The SMILES string of the molecule is COc1ccc2c(c1OC)C13CC(=O)N(C)C14CC2OC4(O)C(OC)C(O)C3. The van der Waals surface area contributed by atoms with Crippen molar-refractivity contribution in [2.45, 2.75) is 54.3 Å². The van der Waals surface area contributed by atoms with Gasteiger partial charge in [0, 0.05) is 38.0 Å². The summed E-state index contributed by atoms with van der Waals surface area (Å²) in [5.41, 5.74) is -0.303. The normalized spacial score (nSPS) is 43.0. The molecule has 0 radical (unpaired) electrons. The van der Waals surface area contributed by atoms with Gasteiger partial charge in [0.25, 0.3) is 0 Å². The van der Waals surface area contributed by atoms with E-state index in [0.29, 0.717) is 17.9 Å². The van der Waals surface area contributed by atoms with Crippen LogP contribution in [-0.2, 0) is 19.7 Å². The van der Waals surface area contributed by atoms with Gasteiger partial charge >= 0.3 is 0 Å². The molecule has 1 spiro atoms. The summed E-state index contributed by atoms with van der Waals surface area (Å²) in [7, 11) is 6.25. The summed E-state index contributed by atoms with van der Waals surface area (Å²) >= 11 is 0. The summed E-state index contributed by atoms with van der Waals surface area (Å²) in [5, 5.41) is 22.8. The Morgan fingerprint density at radius 2 is 1.96 bits per heavy atom. The van der Waals surface area contributed by atoms with Gasteiger partial charge in [0.1, 0.15) is 11.6 Å². The Bertz CT molecular complexity index is 874. The number of carbonyl (C=O) groups excluding carboxylic acids is 1. The van der Waals surface area contributed by atoms with Crippen molar-refractivity contribution >= 4 is 5.91 Å². The van der Waals surface area contributed by atoms with E-state index >= 15 is 0 Å². The van der Waals surface area contributed by atoms with Crippen molar-refractivity contribution in [1.29, 1.82) is 0 Å². The van der Waals surface area contributed by atoms with E-state index in [1.165, 1.54) is 7.11 Å². The molecule has 5 rings (SSSR count). The summed E-state index contributed by atoms with van der Waals surface area (Å²) in [6.07, 6.45) is -1.61. The first-order valence-electron chi connectivity index (χ1n) is 9.44. The highest BCUT2D eigenvalue weighted by Gasteiger charge is 2.83. The molecule has 152 valence electrons. The number of aliphatic hydroxyl groups excluding tert-OH is 1. The number of carbonyl (C=O) groups is 1. The van der Waals surface area contributed by atoms with Crippen LogP contribution in [0.2, 0.25) is 0 Å². The fourth-order valence-electron chi connectivity index (χ4n) is 6.60. The minimum absolute atomic E-state index is 0.107. The molecule has 4 aliphatic rings. The molecular formula is C20H25NO7. The second-order valence-electron chi connectivity index (χ2n) is 8.27. The maximum absolute atomic E-state index is 13.0. The molecule has 28 heavy (non-hydrogen) atoms. The summed E-state index contributed by atoms with van der Waals surface area (Å²) < 4.78 is 23.0. The Hall–Kier alpha value is -1.87. The molecule has 6 atom stereocenters. The van der Waals surface area contributed by atoms with E-state index in [0.717, 1.165) is 11.1 Å². The maximum atomic E-state index is 13.0. The molecule has 2 heterocycles. The Labute approximate surface area is 162 Å². The van der Waals surface area contributed by atoms with Gasteiger partial charge in [-0.3, -0.25) is 4.79 Å². The highest BCUT2D eigenvalue weighted by atomic mass is 16.7. The third-order valence-corrected chi connectivity index (χ3v) is 7.54. The lowest BCUT2D eigenvalue weighted by Crippen LogP contribution is -2.77. The largest absolute Gasteiger partial charge is 0.493 e. The van der Waals surface area contributed by atoms with Crippen molar-refractivity contribution in [2.24, 2.45) is 0 Å². The van der Waals surface area contributed by atoms with Crippen LogP contribution in [-0.4, -0.2) is 72.9 Å². The van der Waals surface area contributed by atoms with E-state index in [9.17, 15) is 15.0 Å². The maximum Gasteiger partial charge on any atom is 0.223 e. The number of hydrogen-bond acceptors (Lipinski definition) is 7. The number of fused-ring (bicyclic) bond motifs is 3. The van der Waals surface area contributed by atoms with Gasteiger partial charge in [-0.25, -0.2) is 0 Å². The second-order valence-corrected chi connectivity index (χ2v) is 8.27. The topological polar surface area (TPSA) is 97.7 Å². The van der Waals surface area contributed by atoms with Gasteiger partial charge < -0.3 is 34.1 Å². The Kier molecular flexibility index (Phi) is 3.50. The van der Waals surface area contributed by atoms with Crippen LogP contribution in [0, 0.1) is 0 Å². The lowest BCUT2D eigenvalue weighted by atomic mass is 9.50. The average Bonchev–Trinajstić information content (AvgIpc) is 3.09. The zero-order chi connectivity index (χ0) is 20.1. The number of hydrogen-bond donors (Lipinski definition) is 2. The number of benzene rings is 1. The molecule has 2 bridgehead atoms. The summed E-state index contributed by atoms with van der Waals surface area (Å²) in [6, 6.07) is 3.71. The predicted molar refractivity (Wildman–Crippen MR) is 96.2 cm³/mol. The minimum Gasteiger partial charge on any atom is -0.493 e. The molecule has 6 unspecified atom stereocenters. The fourth-order valence-corrected chi connectivity index (χ4v) is 6.60. The molecule has 8 nitrogen and oxygen atoms in total. The average molecular weight is 391 g/mol. The third-order valence-electron chi connectivity index (χ3n) is 7.54. The number of likely N-dealkylation sites (tertiary alicyclic amines) is 1. The highest BCUT2D eigenvalue weighted by Crippen LogP contribution is 2.72. The predicted octanol–water partition coefficient (Wildman–Crippen LogP) is 0.486. The van der Waals surface area contributed by atoms with E-state index in [1.807, 2.05) is 12.1 Å². The van der Waals surface area contributed by atoms with Crippen LogP contribution in [0.1, 0.15) is 36.5 Å². The van der Waals surface area contributed by atoms with Crippen LogP contribution in [0.4, 0.5) is 0 Å². The van der Waals surface area contributed by atoms with Gasteiger partial charge in [-0.05, 0) is 18.1 Å². The molecule has 2 aliphatic carbocycles. The van der Waals surface area contributed by atoms with E-state index in [-0.39, 0.29) is 18.7 Å². The summed E-state index contributed by atoms with van der Waals surface area (Å²) in [4.78, 5) is 14.6. The Morgan fingerprint density at radius 1 is 1.21 bits per heavy atom. The third kappa shape index (κ3) is 1.63. The monoisotopic (exact) mass is 391 g/mol. The van der Waals surface area contributed by atoms with Crippen LogP contribution in [0.15, 0.2) is 12.1 Å². The van der Waals surface area contributed by atoms with E-state index in [2.05, 4.69) is 0 Å². The Balaban J connectivity index is 1.89. The van der Waals surface area contributed by atoms with Gasteiger partial charge in [0.05, 0.1) is 26.4 Å². The van der Waals surface area contributed by atoms with E-state index in [4.69, 9.17) is 18.9 Å². The van der Waals surface area contributed by atoms with Crippen molar-refractivity contribution in [3.63, 3.8) is 0 Å². The molecule has 1 aromatic carbocycles. The van der Waals surface area contributed by atoms with Crippen LogP contribution in [0.5, 0.6) is 11.5 Å². The first-order valence-corrected chi connectivity index (χ1v) is 9.44. The standard InChI is InChI=1S/C20H25NO7/c1-21-14(23)9-18-7-11(22)17(27-4)20(24)19(18,21)8-13(28-20)10-5-6-12(25-2)16(26-3)15(10)18/h5-6,11,13,17,22,24H,7-9H2,1-4H3. The van der Waals surface area contributed by atoms with Crippen molar-refractivity contribution in [3.05, 3.63) is 23.3 Å². The lowest BCUT2D eigenvalue weighted by Gasteiger charge is -2.59. The smallest absolute Gasteiger partial charge is 0.223 e. The quantitative estimate of drug-likeness (QED) is 0.774. The molecule has 2 N–H and O–H groups in total. The number of likely N-dealkylation sites (N-methyl/N-ethyl adjacent to an activating group) is 1. The van der Waals surface area contributed by atoms with E-state index < -0.39 is 35.1 Å². The van der Waals surface area contributed by atoms with E-state index in [1.54, 1.807) is 26.2 Å².